The average Bonchev–Trinajstić information content (AvgIpc) is 3.72. The smallest absolute Gasteiger partial charge is 0.0907 e. The number of rotatable bonds is 2. The summed E-state index contributed by atoms with van der Waals surface area (Å²) in [4.78, 5) is 26.8. The van der Waals surface area contributed by atoms with Crippen LogP contribution in [-0.4, -0.2) is 33.8 Å². The molecule has 4 aromatic rings. The third-order valence-electron chi connectivity index (χ3n) is 8.22. The molecule has 6 heterocycles. The topological polar surface area (TPSA) is 78.1 Å². The van der Waals surface area contributed by atoms with Gasteiger partial charge in [-0.25, -0.2) is 0 Å². The second kappa shape index (κ2) is 7.29. The van der Waals surface area contributed by atoms with E-state index in [0.29, 0.717) is 0 Å². The van der Waals surface area contributed by atoms with E-state index in [4.69, 9.17) is 9.98 Å². The molecule has 0 saturated heterocycles. The van der Waals surface area contributed by atoms with Gasteiger partial charge in [-0.3, -0.25) is 25.0 Å². The van der Waals surface area contributed by atoms with Gasteiger partial charge in [0, 0.05) is 77.2 Å². The summed E-state index contributed by atoms with van der Waals surface area (Å²) in [7, 11) is 0. The molecule has 4 aliphatic heterocycles. The van der Waals surface area contributed by atoms with Crippen molar-refractivity contribution in [1.29, 1.82) is 0 Å². The predicted octanol–water partition coefficient (Wildman–Crippen LogP) is 6.50. The summed E-state index contributed by atoms with van der Waals surface area (Å²) in [6.07, 6.45) is 13.0. The Morgan fingerprint density at radius 1 is 0.842 bits per heavy atom. The van der Waals surface area contributed by atoms with E-state index in [9.17, 15) is 0 Å². The molecule has 6 nitrogen and oxygen atoms in total. The molecule has 1 N–H and O–H groups in total. The van der Waals surface area contributed by atoms with Crippen molar-refractivity contribution in [2.75, 3.05) is 0 Å². The fourth-order valence-corrected chi connectivity index (χ4v) is 6.47. The van der Waals surface area contributed by atoms with E-state index in [2.05, 4.69) is 56.4 Å². The van der Waals surface area contributed by atoms with E-state index < -0.39 is 0 Å². The normalized spacial score (nSPS) is 19.9. The molecule has 2 aromatic carbocycles. The average molecular weight is 489 g/mol. The van der Waals surface area contributed by atoms with Crippen LogP contribution in [0, 0.1) is 0 Å². The summed E-state index contributed by atoms with van der Waals surface area (Å²) in [5.74, 6) is 0.0502. The van der Waals surface area contributed by atoms with Gasteiger partial charge in [-0.05, 0) is 52.1 Å². The van der Waals surface area contributed by atoms with Crippen molar-refractivity contribution < 1.29 is 0 Å². The van der Waals surface area contributed by atoms with E-state index in [-0.39, 0.29) is 5.92 Å². The fourth-order valence-electron chi connectivity index (χ4n) is 6.47. The summed E-state index contributed by atoms with van der Waals surface area (Å²) in [6, 6.07) is 17.5. The van der Waals surface area contributed by atoms with Crippen LogP contribution in [0.2, 0.25) is 0 Å². The van der Waals surface area contributed by atoms with Gasteiger partial charge in [-0.2, -0.15) is 0 Å². The van der Waals surface area contributed by atoms with E-state index in [1.807, 2.05) is 49.4 Å². The van der Waals surface area contributed by atoms with E-state index in [1.165, 1.54) is 33.3 Å². The molecule has 0 amide bonds. The Bertz CT molecular complexity index is 1940. The zero-order valence-electron chi connectivity index (χ0n) is 20.3. The number of nitrogens with zero attached hydrogens (tertiary/aromatic N) is 5. The molecular weight excluding hydrogens is 468 g/mol. The summed E-state index contributed by atoms with van der Waals surface area (Å²) in [5.41, 5.74) is 16.3. The minimum Gasteiger partial charge on any atom is -0.357 e. The number of aromatic nitrogens is 2. The van der Waals surface area contributed by atoms with Gasteiger partial charge in [0.25, 0.3) is 0 Å². The molecular formula is C32H20N6. The Balaban J connectivity index is 1.23. The minimum atomic E-state index is 0.0502. The minimum absolute atomic E-state index is 0.0502. The van der Waals surface area contributed by atoms with Crippen LogP contribution >= 0.6 is 0 Å². The largest absolute Gasteiger partial charge is 0.357 e. The van der Waals surface area contributed by atoms with E-state index >= 15 is 0 Å². The first kappa shape index (κ1) is 20.1. The molecule has 178 valence electrons. The van der Waals surface area contributed by atoms with Crippen LogP contribution in [-0.2, 0) is 6.42 Å². The third-order valence-corrected chi connectivity index (χ3v) is 8.22. The van der Waals surface area contributed by atoms with E-state index in [0.717, 1.165) is 63.4 Å². The van der Waals surface area contributed by atoms with Crippen LogP contribution < -0.4 is 0 Å². The Kier molecular flexibility index (Phi) is 3.86. The summed E-state index contributed by atoms with van der Waals surface area (Å²) in [5, 5.41) is 1.23. The zero-order valence-corrected chi connectivity index (χ0v) is 20.3. The SMILES string of the molecule is C1=NC=C2C(=Nc3cc4c5c([nH]c4cc32)C(c2ccc(-c3ccncc3)cc2)C2=C(C5)N=C3C=NC=C32)C1. The highest BCUT2D eigenvalue weighted by Crippen LogP contribution is 2.50. The van der Waals surface area contributed by atoms with Crippen molar-refractivity contribution in [2.24, 2.45) is 20.0 Å². The van der Waals surface area contributed by atoms with Gasteiger partial charge in [0.2, 0.25) is 0 Å². The molecule has 2 aromatic heterocycles. The monoisotopic (exact) mass is 488 g/mol. The lowest BCUT2D eigenvalue weighted by molar-refractivity contribution is 0.850. The first-order valence-electron chi connectivity index (χ1n) is 12.9. The molecule has 38 heavy (non-hydrogen) atoms. The number of allylic oxidation sites excluding steroid dienone is 4. The van der Waals surface area contributed by atoms with Crippen molar-refractivity contribution in [2.45, 2.75) is 18.8 Å². The number of hydrogen-bond donors (Lipinski definition) is 1. The molecule has 9 rings (SSSR count). The summed E-state index contributed by atoms with van der Waals surface area (Å²) >= 11 is 0. The Morgan fingerprint density at radius 3 is 2.58 bits per heavy atom. The second-order valence-corrected chi connectivity index (χ2v) is 10.2. The molecule has 0 fully saturated rings. The lowest BCUT2D eigenvalue weighted by atomic mass is 9.77. The van der Waals surface area contributed by atoms with Crippen molar-refractivity contribution in [1.82, 2.24) is 9.97 Å². The number of benzene rings is 2. The van der Waals surface area contributed by atoms with Crippen LogP contribution in [0.1, 0.15) is 34.7 Å². The number of fused-ring (bicyclic) bond motifs is 8. The van der Waals surface area contributed by atoms with Crippen LogP contribution in [0.25, 0.3) is 27.6 Å². The summed E-state index contributed by atoms with van der Waals surface area (Å²) in [6.45, 7) is 0. The molecule has 0 spiro atoms. The molecule has 1 aliphatic carbocycles. The standard InChI is InChI=1S/C32H20N6/c1-3-19(4-2-17(1)18-5-8-33-9-6-18)30-31-24-15-35-16-29(24)37-28(31)13-22-20-11-26-21(12-27(20)38-32(22)30)23-14-34-10-7-25(23)36-26/h1-6,8-12,14-16,30,38H,7,13H2. The van der Waals surface area contributed by atoms with Crippen molar-refractivity contribution in [3.05, 3.63) is 113 Å². The number of hydrogen-bond acceptors (Lipinski definition) is 5. The lowest BCUT2D eigenvalue weighted by Gasteiger charge is -2.26. The van der Waals surface area contributed by atoms with Crippen molar-refractivity contribution in [3.63, 3.8) is 0 Å². The van der Waals surface area contributed by atoms with Crippen LogP contribution in [0.5, 0.6) is 0 Å². The van der Waals surface area contributed by atoms with Crippen LogP contribution in [0.15, 0.2) is 110 Å². The highest BCUT2D eigenvalue weighted by Gasteiger charge is 2.39. The first-order valence-corrected chi connectivity index (χ1v) is 12.9. The maximum atomic E-state index is 5.03. The number of H-pyrrole nitrogens is 1. The lowest BCUT2D eigenvalue weighted by Crippen LogP contribution is -2.15. The maximum absolute atomic E-state index is 5.03. The Labute approximate surface area is 218 Å². The van der Waals surface area contributed by atoms with Gasteiger partial charge in [0.1, 0.15) is 0 Å². The maximum Gasteiger partial charge on any atom is 0.0907 e. The highest BCUT2D eigenvalue weighted by atomic mass is 14.9. The molecule has 1 unspecified atom stereocenters. The second-order valence-electron chi connectivity index (χ2n) is 10.2. The predicted molar refractivity (Wildman–Crippen MR) is 153 cm³/mol. The quantitative estimate of drug-likeness (QED) is 0.344. The Morgan fingerprint density at radius 2 is 1.68 bits per heavy atom. The van der Waals surface area contributed by atoms with Crippen LogP contribution in [0.3, 0.4) is 0 Å². The third kappa shape index (κ3) is 2.69. The Hall–Kier alpha value is -4.97. The van der Waals surface area contributed by atoms with Gasteiger partial charge in [-0.15, -0.1) is 0 Å². The zero-order chi connectivity index (χ0) is 24.8. The highest BCUT2D eigenvalue weighted by molar-refractivity contribution is 6.42. The van der Waals surface area contributed by atoms with Gasteiger partial charge in [0.15, 0.2) is 0 Å². The van der Waals surface area contributed by atoms with Gasteiger partial charge in [0.05, 0.1) is 34.9 Å². The molecule has 5 aliphatic rings. The first-order chi connectivity index (χ1) is 18.8. The number of pyridine rings is 1. The molecule has 0 radical (unpaired) electrons. The molecule has 0 bridgehead atoms. The van der Waals surface area contributed by atoms with Crippen molar-refractivity contribution in [3.8, 4) is 11.1 Å². The molecule has 6 heteroatoms. The van der Waals surface area contributed by atoms with Gasteiger partial charge >= 0.3 is 0 Å². The van der Waals surface area contributed by atoms with Gasteiger partial charge < -0.3 is 4.98 Å². The number of aliphatic imine (C=N–C) groups is 4. The number of nitrogens with one attached hydrogen (secondary N) is 1. The van der Waals surface area contributed by atoms with Gasteiger partial charge in [-0.1, -0.05) is 24.3 Å². The van der Waals surface area contributed by atoms with E-state index in [1.54, 1.807) is 0 Å². The number of aromatic amines is 1. The molecule has 0 saturated carbocycles. The van der Waals surface area contributed by atoms with Crippen molar-refractivity contribution >= 4 is 46.0 Å². The summed E-state index contributed by atoms with van der Waals surface area (Å²) < 4.78 is 0. The molecule has 1 atom stereocenters. The fraction of sp³-hybridized carbons (Fsp3) is 0.0938. The van der Waals surface area contributed by atoms with Crippen LogP contribution in [0.4, 0.5) is 5.69 Å².